The van der Waals surface area contributed by atoms with Gasteiger partial charge in [-0.05, 0) is 50.4 Å². The van der Waals surface area contributed by atoms with Gasteiger partial charge in [0.15, 0.2) is 0 Å². The minimum absolute atomic E-state index is 0.187. The van der Waals surface area contributed by atoms with Crippen LogP contribution in [0.1, 0.15) is 60.3 Å². The van der Waals surface area contributed by atoms with E-state index >= 15 is 0 Å². The number of hydrogen-bond donors (Lipinski definition) is 0. The summed E-state index contributed by atoms with van der Waals surface area (Å²) in [5, 5.41) is 0. The monoisotopic (exact) mass is 281 g/mol. The molecule has 2 atom stereocenters. The SMILES string of the molecule is CC1CC(CC(=O)N2CCOC(C)(C)C2)CC(C)(C)C1. The summed E-state index contributed by atoms with van der Waals surface area (Å²) in [5.74, 6) is 1.64. The van der Waals surface area contributed by atoms with Crippen LogP contribution in [0.4, 0.5) is 0 Å². The third-order valence-electron chi connectivity index (χ3n) is 4.72. The summed E-state index contributed by atoms with van der Waals surface area (Å²) in [4.78, 5) is 14.6. The van der Waals surface area contributed by atoms with Crippen molar-refractivity contribution in [3.63, 3.8) is 0 Å². The number of amides is 1. The maximum absolute atomic E-state index is 12.5. The van der Waals surface area contributed by atoms with Gasteiger partial charge in [0.05, 0.1) is 12.2 Å². The molecule has 2 rings (SSSR count). The Balaban J connectivity index is 1.91. The third-order valence-corrected chi connectivity index (χ3v) is 4.72. The molecule has 3 heteroatoms. The Kier molecular flexibility index (Phi) is 4.48. The zero-order valence-electron chi connectivity index (χ0n) is 13.9. The van der Waals surface area contributed by atoms with E-state index in [1.807, 2.05) is 4.90 Å². The first-order valence-corrected chi connectivity index (χ1v) is 8.09. The number of morpholine rings is 1. The molecule has 2 fully saturated rings. The molecule has 1 heterocycles. The topological polar surface area (TPSA) is 29.5 Å². The molecule has 0 aromatic rings. The van der Waals surface area contributed by atoms with Crippen molar-refractivity contribution in [1.82, 2.24) is 4.90 Å². The number of rotatable bonds is 2. The van der Waals surface area contributed by atoms with Crippen molar-refractivity contribution in [2.75, 3.05) is 19.7 Å². The quantitative estimate of drug-likeness (QED) is 0.775. The number of ether oxygens (including phenoxy) is 1. The highest BCUT2D eigenvalue weighted by Crippen LogP contribution is 2.43. The van der Waals surface area contributed by atoms with Crippen LogP contribution in [0.2, 0.25) is 0 Å². The number of hydrogen-bond acceptors (Lipinski definition) is 2. The Hall–Kier alpha value is -0.570. The number of carbonyl (C=O) groups excluding carboxylic acids is 1. The van der Waals surface area contributed by atoms with Crippen LogP contribution in [0.5, 0.6) is 0 Å². The van der Waals surface area contributed by atoms with E-state index in [1.54, 1.807) is 0 Å². The van der Waals surface area contributed by atoms with Crippen molar-refractivity contribution in [2.45, 2.75) is 65.9 Å². The van der Waals surface area contributed by atoms with Crippen molar-refractivity contribution in [2.24, 2.45) is 17.3 Å². The van der Waals surface area contributed by atoms with Crippen LogP contribution in [-0.2, 0) is 9.53 Å². The van der Waals surface area contributed by atoms with Crippen LogP contribution in [0, 0.1) is 17.3 Å². The zero-order chi connectivity index (χ0) is 15.0. The molecule has 2 aliphatic rings. The van der Waals surface area contributed by atoms with Gasteiger partial charge < -0.3 is 9.64 Å². The average molecular weight is 281 g/mol. The van der Waals surface area contributed by atoms with Gasteiger partial charge in [-0.3, -0.25) is 4.79 Å². The molecule has 0 radical (unpaired) electrons. The summed E-state index contributed by atoms with van der Waals surface area (Å²) >= 11 is 0. The maximum Gasteiger partial charge on any atom is 0.223 e. The highest BCUT2D eigenvalue weighted by atomic mass is 16.5. The van der Waals surface area contributed by atoms with Gasteiger partial charge in [0.25, 0.3) is 0 Å². The van der Waals surface area contributed by atoms with Crippen molar-refractivity contribution < 1.29 is 9.53 Å². The fourth-order valence-corrected chi connectivity index (χ4v) is 4.30. The highest BCUT2D eigenvalue weighted by molar-refractivity contribution is 5.76. The summed E-state index contributed by atoms with van der Waals surface area (Å²) in [6.45, 7) is 13.3. The standard InChI is InChI=1S/C17H31NO2/c1-13-8-14(11-16(2,3)10-13)9-15(19)18-6-7-20-17(4,5)12-18/h13-14H,6-12H2,1-5H3. The lowest BCUT2D eigenvalue weighted by Gasteiger charge is -2.41. The van der Waals surface area contributed by atoms with E-state index in [2.05, 4.69) is 34.6 Å². The fourth-order valence-electron chi connectivity index (χ4n) is 4.30. The molecule has 1 amide bonds. The summed E-state index contributed by atoms with van der Waals surface area (Å²) in [6, 6.07) is 0. The van der Waals surface area contributed by atoms with Crippen molar-refractivity contribution in [3.05, 3.63) is 0 Å². The van der Waals surface area contributed by atoms with Crippen molar-refractivity contribution in [3.8, 4) is 0 Å². The number of nitrogens with zero attached hydrogens (tertiary/aromatic N) is 1. The highest BCUT2D eigenvalue weighted by Gasteiger charge is 2.35. The van der Waals surface area contributed by atoms with E-state index in [4.69, 9.17) is 4.74 Å². The molecule has 0 bridgehead atoms. The second-order valence-electron chi connectivity index (χ2n) is 8.41. The van der Waals surface area contributed by atoms with E-state index in [9.17, 15) is 4.79 Å². The first kappa shape index (κ1) is 15.8. The smallest absolute Gasteiger partial charge is 0.223 e. The molecule has 1 aliphatic heterocycles. The van der Waals surface area contributed by atoms with Crippen molar-refractivity contribution >= 4 is 5.91 Å². The predicted octanol–water partition coefficient (Wildman–Crippen LogP) is 3.48. The minimum atomic E-state index is -0.187. The molecule has 3 nitrogen and oxygen atoms in total. The lowest BCUT2D eigenvalue weighted by molar-refractivity contribution is -0.147. The Morgan fingerprint density at radius 1 is 1.25 bits per heavy atom. The molecule has 1 saturated heterocycles. The summed E-state index contributed by atoms with van der Waals surface area (Å²) < 4.78 is 5.69. The van der Waals surface area contributed by atoms with Crippen LogP contribution >= 0.6 is 0 Å². The molecule has 0 N–H and O–H groups in total. The fraction of sp³-hybridized carbons (Fsp3) is 0.941. The molecule has 1 aliphatic carbocycles. The predicted molar refractivity (Wildman–Crippen MR) is 81.5 cm³/mol. The van der Waals surface area contributed by atoms with E-state index < -0.39 is 0 Å². The van der Waals surface area contributed by atoms with Crippen LogP contribution in [0.3, 0.4) is 0 Å². The lowest BCUT2D eigenvalue weighted by atomic mass is 9.67. The van der Waals surface area contributed by atoms with Crippen LogP contribution in [0.15, 0.2) is 0 Å². The van der Waals surface area contributed by atoms with Gasteiger partial charge in [0, 0.05) is 19.5 Å². The average Bonchev–Trinajstić information content (AvgIpc) is 2.24. The van der Waals surface area contributed by atoms with Gasteiger partial charge in [-0.1, -0.05) is 20.8 Å². The maximum atomic E-state index is 12.5. The van der Waals surface area contributed by atoms with Gasteiger partial charge in [0.1, 0.15) is 0 Å². The summed E-state index contributed by atoms with van der Waals surface area (Å²) in [5.41, 5.74) is 0.208. The molecule has 116 valence electrons. The first-order chi connectivity index (χ1) is 9.17. The Bertz CT molecular complexity index is 362. The molecule has 1 saturated carbocycles. The molecular weight excluding hydrogens is 250 g/mol. The van der Waals surface area contributed by atoms with Gasteiger partial charge in [-0.2, -0.15) is 0 Å². The van der Waals surface area contributed by atoms with Crippen LogP contribution < -0.4 is 0 Å². The third kappa shape index (κ3) is 4.21. The van der Waals surface area contributed by atoms with Gasteiger partial charge in [0.2, 0.25) is 5.91 Å². The Morgan fingerprint density at radius 3 is 2.55 bits per heavy atom. The normalized spacial score (nSPS) is 33.0. The second kappa shape index (κ2) is 5.67. The van der Waals surface area contributed by atoms with E-state index in [1.165, 1.54) is 19.3 Å². The zero-order valence-corrected chi connectivity index (χ0v) is 13.9. The Morgan fingerprint density at radius 2 is 1.95 bits per heavy atom. The summed E-state index contributed by atoms with van der Waals surface area (Å²) in [7, 11) is 0. The molecule has 0 aromatic carbocycles. The molecule has 20 heavy (non-hydrogen) atoms. The van der Waals surface area contributed by atoms with E-state index in [-0.39, 0.29) is 5.60 Å². The molecule has 0 aromatic heterocycles. The molecule has 0 spiro atoms. The molecular formula is C17H31NO2. The van der Waals surface area contributed by atoms with Gasteiger partial charge >= 0.3 is 0 Å². The number of carbonyl (C=O) groups is 1. The Labute approximate surface area is 124 Å². The lowest BCUT2D eigenvalue weighted by Crippen LogP contribution is -2.51. The second-order valence-corrected chi connectivity index (χ2v) is 8.41. The van der Waals surface area contributed by atoms with Crippen LogP contribution in [-0.4, -0.2) is 36.1 Å². The summed E-state index contributed by atoms with van der Waals surface area (Å²) in [6.07, 6.45) is 4.42. The van der Waals surface area contributed by atoms with Gasteiger partial charge in [-0.15, -0.1) is 0 Å². The van der Waals surface area contributed by atoms with Gasteiger partial charge in [-0.25, -0.2) is 0 Å². The molecule has 2 unspecified atom stereocenters. The van der Waals surface area contributed by atoms with Crippen LogP contribution in [0.25, 0.3) is 0 Å². The van der Waals surface area contributed by atoms with E-state index in [0.29, 0.717) is 23.8 Å². The first-order valence-electron chi connectivity index (χ1n) is 8.09. The van der Waals surface area contributed by atoms with E-state index in [0.717, 1.165) is 25.4 Å². The van der Waals surface area contributed by atoms with Crippen molar-refractivity contribution in [1.29, 1.82) is 0 Å². The largest absolute Gasteiger partial charge is 0.372 e. The minimum Gasteiger partial charge on any atom is -0.372 e.